The molecule has 1 heterocycles. The standard InChI is InChI=1S/C13H16N2/c1-2-3-8-15-12(10-14)9-11-6-4-5-7-13(11)15/h2,4-7,9H,1,3,8,10,14H2. The van der Waals surface area contributed by atoms with E-state index in [1.54, 1.807) is 0 Å². The molecule has 2 aromatic rings. The molecule has 0 radical (unpaired) electrons. The highest BCUT2D eigenvalue weighted by Gasteiger charge is 2.05. The first-order chi connectivity index (χ1) is 7.36. The van der Waals surface area contributed by atoms with Crippen LogP contribution in [0.5, 0.6) is 0 Å². The van der Waals surface area contributed by atoms with E-state index in [2.05, 4.69) is 41.5 Å². The Bertz CT molecular complexity index is 468. The van der Waals surface area contributed by atoms with E-state index >= 15 is 0 Å². The van der Waals surface area contributed by atoms with Crippen LogP contribution in [-0.4, -0.2) is 4.57 Å². The summed E-state index contributed by atoms with van der Waals surface area (Å²) in [5.74, 6) is 0. The van der Waals surface area contributed by atoms with E-state index in [0.717, 1.165) is 13.0 Å². The fourth-order valence-corrected chi connectivity index (χ4v) is 1.92. The van der Waals surface area contributed by atoms with Gasteiger partial charge in [-0.2, -0.15) is 0 Å². The Morgan fingerprint density at radius 3 is 2.87 bits per heavy atom. The summed E-state index contributed by atoms with van der Waals surface area (Å²) in [7, 11) is 0. The molecule has 78 valence electrons. The van der Waals surface area contributed by atoms with Crippen molar-refractivity contribution in [1.29, 1.82) is 0 Å². The van der Waals surface area contributed by atoms with Gasteiger partial charge in [0.05, 0.1) is 0 Å². The highest BCUT2D eigenvalue weighted by atomic mass is 15.0. The third kappa shape index (κ3) is 1.81. The highest BCUT2D eigenvalue weighted by Crippen LogP contribution is 2.19. The van der Waals surface area contributed by atoms with Crippen LogP contribution in [-0.2, 0) is 13.1 Å². The molecule has 0 saturated heterocycles. The fourth-order valence-electron chi connectivity index (χ4n) is 1.92. The predicted octanol–water partition coefficient (Wildman–Crippen LogP) is 2.68. The second-order valence-electron chi connectivity index (χ2n) is 3.63. The van der Waals surface area contributed by atoms with Gasteiger partial charge in [0.2, 0.25) is 0 Å². The molecule has 1 aromatic heterocycles. The van der Waals surface area contributed by atoms with Gasteiger partial charge in [-0.15, -0.1) is 6.58 Å². The predicted molar refractivity (Wildman–Crippen MR) is 64.6 cm³/mol. The number of allylic oxidation sites excluding steroid dienone is 1. The number of hydrogen-bond donors (Lipinski definition) is 1. The zero-order valence-electron chi connectivity index (χ0n) is 8.82. The van der Waals surface area contributed by atoms with Crippen LogP contribution in [0.1, 0.15) is 12.1 Å². The van der Waals surface area contributed by atoms with E-state index in [0.29, 0.717) is 6.54 Å². The van der Waals surface area contributed by atoms with Gasteiger partial charge < -0.3 is 10.3 Å². The Kier molecular flexibility index (Phi) is 2.88. The molecule has 0 amide bonds. The van der Waals surface area contributed by atoms with Gasteiger partial charge >= 0.3 is 0 Å². The van der Waals surface area contributed by atoms with Gasteiger partial charge in [-0.25, -0.2) is 0 Å². The molecule has 2 nitrogen and oxygen atoms in total. The van der Waals surface area contributed by atoms with Gasteiger partial charge in [0.25, 0.3) is 0 Å². The number of fused-ring (bicyclic) bond motifs is 1. The first-order valence-electron chi connectivity index (χ1n) is 5.25. The molecular weight excluding hydrogens is 184 g/mol. The van der Waals surface area contributed by atoms with E-state index in [9.17, 15) is 0 Å². The number of rotatable bonds is 4. The maximum Gasteiger partial charge on any atom is 0.0483 e. The Balaban J connectivity index is 2.51. The largest absolute Gasteiger partial charge is 0.343 e. The van der Waals surface area contributed by atoms with Crippen molar-refractivity contribution in [3.05, 3.63) is 48.7 Å². The SMILES string of the molecule is C=CCCn1c(CN)cc2ccccc21. The van der Waals surface area contributed by atoms with Gasteiger partial charge in [-0.05, 0) is 23.9 Å². The van der Waals surface area contributed by atoms with Crippen molar-refractivity contribution in [3.8, 4) is 0 Å². The molecule has 0 aliphatic heterocycles. The maximum absolute atomic E-state index is 5.74. The van der Waals surface area contributed by atoms with Crippen molar-refractivity contribution in [2.75, 3.05) is 0 Å². The van der Waals surface area contributed by atoms with E-state index < -0.39 is 0 Å². The number of aryl methyl sites for hydroxylation is 1. The van der Waals surface area contributed by atoms with E-state index in [1.807, 2.05) is 6.08 Å². The molecule has 2 rings (SSSR count). The molecule has 0 atom stereocenters. The summed E-state index contributed by atoms with van der Waals surface area (Å²) in [6.07, 6.45) is 2.92. The minimum atomic E-state index is 0.589. The second-order valence-corrected chi connectivity index (χ2v) is 3.63. The van der Waals surface area contributed by atoms with Crippen molar-refractivity contribution in [3.63, 3.8) is 0 Å². The Morgan fingerprint density at radius 2 is 2.13 bits per heavy atom. The lowest BCUT2D eigenvalue weighted by molar-refractivity contribution is 0.696. The van der Waals surface area contributed by atoms with Crippen LogP contribution in [0.15, 0.2) is 43.0 Å². The van der Waals surface area contributed by atoms with Crippen molar-refractivity contribution in [2.24, 2.45) is 5.73 Å². The van der Waals surface area contributed by atoms with Gasteiger partial charge in [-0.1, -0.05) is 24.3 Å². The molecule has 0 fully saturated rings. The number of aromatic nitrogens is 1. The second kappa shape index (κ2) is 4.32. The van der Waals surface area contributed by atoms with Gasteiger partial charge in [0.1, 0.15) is 0 Å². The third-order valence-corrected chi connectivity index (χ3v) is 2.66. The number of hydrogen-bond acceptors (Lipinski definition) is 1. The van der Waals surface area contributed by atoms with Crippen LogP contribution in [0.3, 0.4) is 0 Å². The summed E-state index contributed by atoms with van der Waals surface area (Å²) in [4.78, 5) is 0. The zero-order chi connectivity index (χ0) is 10.7. The smallest absolute Gasteiger partial charge is 0.0483 e. The molecule has 0 unspecified atom stereocenters. The lowest BCUT2D eigenvalue weighted by Crippen LogP contribution is -2.06. The molecule has 0 aliphatic rings. The van der Waals surface area contributed by atoms with Crippen LogP contribution in [0, 0.1) is 0 Å². The first-order valence-corrected chi connectivity index (χ1v) is 5.25. The van der Waals surface area contributed by atoms with Crippen LogP contribution < -0.4 is 5.73 Å². The molecule has 0 aliphatic carbocycles. The Labute approximate surface area is 90.0 Å². The van der Waals surface area contributed by atoms with Crippen LogP contribution in [0.25, 0.3) is 10.9 Å². The average molecular weight is 200 g/mol. The molecule has 0 saturated carbocycles. The number of para-hydroxylation sites is 1. The number of nitrogens with two attached hydrogens (primary N) is 1. The van der Waals surface area contributed by atoms with E-state index in [-0.39, 0.29) is 0 Å². The highest BCUT2D eigenvalue weighted by molar-refractivity contribution is 5.81. The summed E-state index contributed by atoms with van der Waals surface area (Å²) in [5.41, 5.74) is 8.20. The summed E-state index contributed by atoms with van der Waals surface area (Å²) in [6, 6.07) is 10.5. The molecular formula is C13H16N2. The summed E-state index contributed by atoms with van der Waals surface area (Å²) in [5, 5.41) is 1.27. The lowest BCUT2D eigenvalue weighted by atomic mass is 10.2. The van der Waals surface area contributed by atoms with Crippen molar-refractivity contribution in [2.45, 2.75) is 19.5 Å². The topological polar surface area (TPSA) is 30.9 Å². The fraction of sp³-hybridized carbons (Fsp3) is 0.231. The van der Waals surface area contributed by atoms with Gasteiger partial charge in [-0.3, -0.25) is 0 Å². The van der Waals surface area contributed by atoms with Crippen molar-refractivity contribution in [1.82, 2.24) is 4.57 Å². The van der Waals surface area contributed by atoms with Crippen molar-refractivity contribution >= 4 is 10.9 Å². The van der Waals surface area contributed by atoms with Crippen LogP contribution in [0.2, 0.25) is 0 Å². The normalized spacial score (nSPS) is 10.7. The van der Waals surface area contributed by atoms with E-state index in [1.165, 1.54) is 16.6 Å². The molecule has 2 N–H and O–H groups in total. The molecule has 2 heteroatoms. The van der Waals surface area contributed by atoms with Gasteiger partial charge in [0, 0.05) is 24.3 Å². The monoisotopic (exact) mass is 200 g/mol. The maximum atomic E-state index is 5.74. The lowest BCUT2D eigenvalue weighted by Gasteiger charge is -2.07. The average Bonchev–Trinajstić information content (AvgIpc) is 2.64. The van der Waals surface area contributed by atoms with Crippen molar-refractivity contribution < 1.29 is 0 Å². The van der Waals surface area contributed by atoms with E-state index in [4.69, 9.17) is 5.73 Å². The third-order valence-electron chi connectivity index (χ3n) is 2.66. The molecule has 1 aromatic carbocycles. The minimum Gasteiger partial charge on any atom is -0.343 e. The minimum absolute atomic E-state index is 0.589. The van der Waals surface area contributed by atoms with Crippen LogP contribution >= 0.6 is 0 Å². The molecule has 0 bridgehead atoms. The first kappa shape index (κ1) is 9.99. The summed E-state index contributed by atoms with van der Waals surface area (Å²) < 4.78 is 2.27. The quantitative estimate of drug-likeness (QED) is 0.756. The zero-order valence-corrected chi connectivity index (χ0v) is 8.82. The summed E-state index contributed by atoms with van der Waals surface area (Å²) in [6.45, 7) is 5.30. The Hall–Kier alpha value is -1.54. The molecule has 15 heavy (non-hydrogen) atoms. The number of benzene rings is 1. The van der Waals surface area contributed by atoms with Crippen LogP contribution in [0.4, 0.5) is 0 Å². The Morgan fingerprint density at radius 1 is 1.33 bits per heavy atom. The molecule has 0 spiro atoms. The number of nitrogens with zero attached hydrogens (tertiary/aromatic N) is 1. The van der Waals surface area contributed by atoms with Gasteiger partial charge in [0.15, 0.2) is 0 Å². The summed E-state index contributed by atoms with van der Waals surface area (Å²) >= 11 is 0.